The molecule has 1 aromatic heterocycles. The summed E-state index contributed by atoms with van der Waals surface area (Å²) in [5, 5.41) is 0.545. The average molecular weight is 270 g/mol. The Kier molecular flexibility index (Phi) is 5.35. The van der Waals surface area contributed by atoms with Crippen molar-refractivity contribution in [1.82, 2.24) is 9.97 Å². The van der Waals surface area contributed by atoms with Gasteiger partial charge in [-0.15, -0.1) is 12.4 Å². The molecule has 0 bridgehead atoms. The van der Waals surface area contributed by atoms with Gasteiger partial charge in [-0.2, -0.15) is 0 Å². The van der Waals surface area contributed by atoms with Crippen molar-refractivity contribution in [3.63, 3.8) is 0 Å². The van der Waals surface area contributed by atoms with E-state index in [1.165, 1.54) is 5.56 Å². The second-order valence-electron chi connectivity index (χ2n) is 3.46. The number of aromatic nitrogens is 2. The molecule has 3 nitrogen and oxygen atoms in total. The van der Waals surface area contributed by atoms with Crippen molar-refractivity contribution in [2.75, 3.05) is 6.54 Å². The minimum absolute atomic E-state index is 0. The first kappa shape index (κ1) is 13.9. The Morgan fingerprint density at radius 1 is 1.06 bits per heavy atom. The van der Waals surface area contributed by atoms with E-state index in [0.29, 0.717) is 17.4 Å². The van der Waals surface area contributed by atoms with Crippen LogP contribution in [0.25, 0.3) is 11.4 Å². The molecule has 0 aliphatic carbocycles. The van der Waals surface area contributed by atoms with Crippen molar-refractivity contribution in [3.05, 3.63) is 47.2 Å². The van der Waals surface area contributed by atoms with E-state index in [-0.39, 0.29) is 12.4 Å². The van der Waals surface area contributed by atoms with Crippen molar-refractivity contribution in [1.29, 1.82) is 0 Å². The van der Waals surface area contributed by atoms with Crippen LogP contribution >= 0.6 is 24.0 Å². The number of rotatable bonds is 3. The van der Waals surface area contributed by atoms with Crippen molar-refractivity contribution >= 4 is 24.0 Å². The van der Waals surface area contributed by atoms with Gasteiger partial charge in [0.05, 0.1) is 5.02 Å². The summed E-state index contributed by atoms with van der Waals surface area (Å²) in [6.45, 7) is 0.663. The number of benzene rings is 1. The number of hydrogen-bond acceptors (Lipinski definition) is 3. The molecule has 0 radical (unpaired) electrons. The van der Waals surface area contributed by atoms with E-state index in [4.69, 9.17) is 17.3 Å². The first-order valence-corrected chi connectivity index (χ1v) is 5.44. The van der Waals surface area contributed by atoms with Gasteiger partial charge in [0, 0.05) is 18.0 Å². The Hall–Kier alpha value is -1.16. The van der Waals surface area contributed by atoms with Crippen LogP contribution < -0.4 is 5.73 Å². The molecule has 1 heterocycles. The predicted molar refractivity (Wildman–Crippen MR) is 72.5 cm³/mol. The summed E-state index contributed by atoms with van der Waals surface area (Å²) in [6.07, 6.45) is 4.08. The number of hydrogen-bond donors (Lipinski definition) is 1. The predicted octanol–water partition coefficient (Wildman–Crippen LogP) is 2.72. The highest BCUT2D eigenvalue weighted by Gasteiger charge is 2.00. The van der Waals surface area contributed by atoms with E-state index in [2.05, 4.69) is 9.97 Å². The summed E-state index contributed by atoms with van der Waals surface area (Å²) >= 11 is 5.73. The van der Waals surface area contributed by atoms with Gasteiger partial charge in [0.1, 0.15) is 0 Å². The van der Waals surface area contributed by atoms with E-state index in [9.17, 15) is 0 Å². The molecule has 0 fully saturated rings. The second-order valence-corrected chi connectivity index (χ2v) is 3.90. The molecule has 5 heteroatoms. The van der Waals surface area contributed by atoms with Crippen LogP contribution in [-0.4, -0.2) is 16.5 Å². The fourth-order valence-corrected chi connectivity index (χ4v) is 1.55. The molecule has 0 aliphatic heterocycles. The zero-order chi connectivity index (χ0) is 11.4. The molecule has 17 heavy (non-hydrogen) atoms. The molecule has 0 aliphatic rings. The fourth-order valence-electron chi connectivity index (χ4n) is 1.45. The standard InChI is InChI=1S/C12H12ClN3.ClH/c13-11-7-15-12(16-8-11)10-3-1-9(2-4-10)5-6-14;/h1-4,7-8H,5-6,14H2;1H. The molecular weight excluding hydrogens is 257 g/mol. The van der Waals surface area contributed by atoms with E-state index in [1.807, 2.05) is 24.3 Å². The Morgan fingerprint density at radius 2 is 1.65 bits per heavy atom. The lowest BCUT2D eigenvalue weighted by Gasteiger charge is -2.02. The molecule has 0 unspecified atom stereocenters. The van der Waals surface area contributed by atoms with Crippen molar-refractivity contribution in [3.8, 4) is 11.4 Å². The molecule has 90 valence electrons. The maximum Gasteiger partial charge on any atom is 0.159 e. The maximum atomic E-state index is 5.73. The third kappa shape index (κ3) is 3.66. The highest BCUT2D eigenvalue weighted by Crippen LogP contribution is 2.16. The van der Waals surface area contributed by atoms with Gasteiger partial charge >= 0.3 is 0 Å². The summed E-state index contributed by atoms with van der Waals surface area (Å²) in [4.78, 5) is 8.31. The Morgan fingerprint density at radius 3 is 2.18 bits per heavy atom. The quantitative estimate of drug-likeness (QED) is 0.932. The number of nitrogens with zero attached hydrogens (tertiary/aromatic N) is 2. The topological polar surface area (TPSA) is 51.8 Å². The minimum atomic E-state index is 0. The van der Waals surface area contributed by atoms with Crippen LogP contribution in [0, 0.1) is 0 Å². The minimum Gasteiger partial charge on any atom is -0.330 e. The summed E-state index contributed by atoms with van der Waals surface area (Å²) in [5.41, 5.74) is 7.69. The van der Waals surface area contributed by atoms with Crippen LogP contribution in [0.1, 0.15) is 5.56 Å². The molecule has 2 rings (SSSR count). The highest BCUT2D eigenvalue weighted by atomic mass is 35.5. The van der Waals surface area contributed by atoms with Crippen molar-refractivity contribution in [2.24, 2.45) is 5.73 Å². The summed E-state index contributed by atoms with van der Waals surface area (Å²) in [7, 11) is 0. The third-order valence-electron chi connectivity index (χ3n) is 2.27. The van der Waals surface area contributed by atoms with E-state index >= 15 is 0 Å². The van der Waals surface area contributed by atoms with Gasteiger partial charge in [0.2, 0.25) is 0 Å². The Balaban J connectivity index is 0.00000144. The van der Waals surface area contributed by atoms with Crippen LogP contribution in [0.2, 0.25) is 5.02 Å². The Labute approximate surface area is 111 Å². The maximum absolute atomic E-state index is 5.73. The largest absolute Gasteiger partial charge is 0.330 e. The molecule has 2 aromatic rings. The summed E-state index contributed by atoms with van der Waals surface area (Å²) in [5.74, 6) is 0.684. The second kappa shape index (κ2) is 6.55. The SMILES string of the molecule is Cl.NCCc1ccc(-c2ncc(Cl)cn2)cc1. The van der Waals surface area contributed by atoms with Gasteiger partial charge in [-0.1, -0.05) is 35.9 Å². The summed E-state index contributed by atoms with van der Waals surface area (Å²) in [6, 6.07) is 8.07. The third-order valence-corrected chi connectivity index (χ3v) is 2.46. The zero-order valence-corrected chi connectivity index (χ0v) is 10.7. The van der Waals surface area contributed by atoms with E-state index < -0.39 is 0 Å². The molecule has 2 N–H and O–H groups in total. The molecule has 0 atom stereocenters. The van der Waals surface area contributed by atoms with Gasteiger partial charge in [-0.3, -0.25) is 0 Å². The normalized spacial score (nSPS) is 9.76. The highest BCUT2D eigenvalue weighted by molar-refractivity contribution is 6.30. The van der Waals surface area contributed by atoms with Crippen molar-refractivity contribution in [2.45, 2.75) is 6.42 Å². The molecule has 0 amide bonds. The lowest BCUT2D eigenvalue weighted by molar-refractivity contribution is 0.969. The molecule has 1 aromatic carbocycles. The van der Waals surface area contributed by atoms with Crippen LogP contribution in [0.3, 0.4) is 0 Å². The first-order chi connectivity index (χ1) is 7.79. The van der Waals surface area contributed by atoms with Crippen LogP contribution in [-0.2, 0) is 6.42 Å². The van der Waals surface area contributed by atoms with E-state index in [0.717, 1.165) is 12.0 Å². The molecule has 0 saturated heterocycles. The molecule has 0 spiro atoms. The lowest BCUT2D eigenvalue weighted by Crippen LogP contribution is -2.02. The van der Waals surface area contributed by atoms with E-state index in [1.54, 1.807) is 12.4 Å². The van der Waals surface area contributed by atoms with Gasteiger partial charge in [-0.25, -0.2) is 9.97 Å². The monoisotopic (exact) mass is 269 g/mol. The first-order valence-electron chi connectivity index (χ1n) is 5.06. The number of nitrogens with two attached hydrogens (primary N) is 1. The van der Waals surface area contributed by atoms with Gasteiger partial charge in [-0.05, 0) is 18.5 Å². The molecular formula is C12H13Cl2N3. The van der Waals surface area contributed by atoms with Gasteiger partial charge < -0.3 is 5.73 Å². The molecule has 0 saturated carbocycles. The van der Waals surface area contributed by atoms with Gasteiger partial charge in [0.25, 0.3) is 0 Å². The number of halogens is 2. The van der Waals surface area contributed by atoms with Crippen LogP contribution in [0.4, 0.5) is 0 Å². The fraction of sp³-hybridized carbons (Fsp3) is 0.167. The Bertz CT molecular complexity index is 454. The lowest BCUT2D eigenvalue weighted by atomic mass is 10.1. The summed E-state index contributed by atoms with van der Waals surface area (Å²) < 4.78 is 0. The van der Waals surface area contributed by atoms with Crippen LogP contribution in [0.15, 0.2) is 36.7 Å². The van der Waals surface area contributed by atoms with Crippen molar-refractivity contribution < 1.29 is 0 Å². The smallest absolute Gasteiger partial charge is 0.159 e. The van der Waals surface area contributed by atoms with Crippen LogP contribution in [0.5, 0.6) is 0 Å². The zero-order valence-electron chi connectivity index (χ0n) is 9.14. The average Bonchev–Trinajstić information content (AvgIpc) is 2.32. The van der Waals surface area contributed by atoms with Gasteiger partial charge in [0.15, 0.2) is 5.82 Å².